The number of oxazole rings is 1. The second-order valence-corrected chi connectivity index (χ2v) is 9.12. The predicted octanol–water partition coefficient (Wildman–Crippen LogP) is 3.94. The number of hydrogen-bond donors (Lipinski definition) is 1. The largest absolute Gasteiger partial charge is 0.445 e. The molecular formula is C22H28Cl2N4O2. The molecule has 6 nitrogen and oxygen atoms in total. The summed E-state index contributed by atoms with van der Waals surface area (Å²) in [6.07, 6.45) is 5.17. The van der Waals surface area contributed by atoms with Crippen molar-refractivity contribution in [2.75, 3.05) is 37.6 Å². The summed E-state index contributed by atoms with van der Waals surface area (Å²) in [6, 6.07) is 6.11. The van der Waals surface area contributed by atoms with E-state index < -0.39 is 0 Å². The Morgan fingerprint density at radius 2 is 2.00 bits per heavy atom. The molecule has 0 spiro atoms. The average molecular weight is 451 g/mol. The Bertz CT molecular complexity index is 874. The first-order valence-electron chi connectivity index (χ1n) is 10.6. The lowest BCUT2D eigenvalue weighted by Gasteiger charge is -2.39. The van der Waals surface area contributed by atoms with Crippen LogP contribution in [0.2, 0.25) is 10.0 Å². The van der Waals surface area contributed by atoms with E-state index in [9.17, 15) is 4.79 Å². The summed E-state index contributed by atoms with van der Waals surface area (Å²) in [5.41, 5.74) is 1.03. The molecule has 2 fully saturated rings. The van der Waals surface area contributed by atoms with Crippen molar-refractivity contribution in [3.63, 3.8) is 0 Å². The average Bonchev–Trinajstić information content (AvgIpc) is 3.10. The topological polar surface area (TPSA) is 61.6 Å². The second-order valence-electron chi connectivity index (χ2n) is 8.33. The second kappa shape index (κ2) is 9.58. The number of carbonyl (C=O) groups is 1. The highest BCUT2D eigenvalue weighted by molar-refractivity contribution is 6.43. The van der Waals surface area contributed by atoms with Gasteiger partial charge in [0.1, 0.15) is 12.2 Å². The van der Waals surface area contributed by atoms with Crippen LogP contribution in [-0.2, 0) is 11.2 Å². The van der Waals surface area contributed by atoms with Gasteiger partial charge in [0, 0.05) is 32.2 Å². The molecular weight excluding hydrogens is 423 g/mol. The maximum Gasteiger partial charge on any atom is 0.229 e. The summed E-state index contributed by atoms with van der Waals surface area (Å²) in [7, 11) is 0. The molecule has 30 heavy (non-hydrogen) atoms. The minimum absolute atomic E-state index is 0.00361. The molecule has 1 N–H and O–H groups in total. The quantitative estimate of drug-likeness (QED) is 0.691. The molecule has 1 aliphatic carbocycles. The highest BCUT2D eigenvalue weighted by Gasteiger charge is 2.31. The third kappa shape index (κ3) is 5.29. The number of nitrogens with zero attached hydrogens (tertiary/aromatic N) is 3. The van der Waals surface area contributed by atoms with Crippen LogP contribution in [0.1, 0.15) is 30.9 Å². The SMILES string of the molecule is Cc1cnc(CC(=O)N[C@H]2C[C@@H](CCN3CCN(c4cccc(Cl)c4Cl)CC3)C2)o1. The summed E-state index contributed by atoms with van der Waals surface area (Å²) >= 11 is 12.5. The molecule has 0 unspecified atom stereocenters. The molecule has 1 amide bonds. The Hall–Kier alpha value is -1.76. The van der Waals surface area contributed by atoms with Crippen molar-refractivity contribution >= 4 is 34.8 Å². The normalized spacial score (nSPS) is 22.0. The lowest BCUT2D eigenvalue weighted by atomic mass is 9.78. The van der Waals surface area contributed by atoms with Gasteiger partial charge in [-0.15, -0.1) is 0 Å². The van der Waals surface area contributed by atoms with E-state index >= 15 is 0 Å². The Kier molecular flexibility index (Phi) is 6.86. The van der Waals surface area contributed by atoms with Gasteiger partial charge in [0.2, 0.25) is 11.8 Å². The summed E-state index contributed by atoms with van der Waals surface area (Å²) in [6.45, 7) is 6.93. The molecule has 4 rings (SSSR count). The van der Waals surface area contributed by atoms with Crippen molar-refractivity contribution in [2.45, 2.75) is 38.6 Å². The zero-order valence-electron chi connectivity index (χ0n) is 17.2. The lowest BCUT2D eigenvalue weighted by Crippen LogP contribution is -2.48. The Labute approximate surface area is 187 Å². The van der Waals surface area contributed by atoms with Crippen LogP contribution < -0.4 is 10.2 Å². The maximum atomic E-state index is 12.1. The van der Waals surface area contributed by atoms with Gasteiger partial charge in [-0.25, -0.2) is 4.98 Å². The molecule has 0 radical (unpaired) electrons. The molecule has 1 aliphatic heterocycles. The van der Waals surface area contributed by atoms with Crippen molar-refractivity contribution in [1.82, 2.24) is 15.2 Å². The molecule has 1 saturated heterocycles. The van der Waals surface area contributed by atoms with Gasteiger partial charge in [-0.2, -0.15) is 0 Å². The highest BCUT2D eigenvalue weighted by Crippen LogP contribution is 2.33. The molecule has 0 atom stereocenters. The smallest absolute Gasteiger partial charge is 0.229 e. The Morgan fingerprint density at radius 3 is 2.70 bits per heavy atom. The van der Waals surface area contributed by atoms with Crippen LogP contribution in [0.25, 0.3) is 0 Å². The van der Waals surface area contributed by atoms with E-state index in [-0.39, 0.29) is 12.3 Å². The number of halogens is 2. The zero-order chi connectivity index (χ0) is 21.1. The first kappa shape index (κ1) is 21.5. The number of benzene rings is 1. The van der Waals surface area contributed by atoms with E-state index in [0.717, 1.165) is 57.0 Å². The molecule has 1 saturated carbocycles. The molecule has 2 aliphatic rings. The van der Waals surface area contributed by atoms with Gasteiger partial charge >= 0.3 is 0 Å². The monoisotopic (exact) mass is 450 g/mol. The molecule has 2 heterocycles. The Morgan fingerprint density at radius 1 is 1.23 bits per heavy atom. The molecule has 8 heteroatoms. The fourth-order valence-corrected chi connectivity index (χ4v) is 4.72. The predicted molar refractivity (Wildman–Crippen MR) is 119 cm³/mol. The molecule has 1 aromatic carbocycles. The van der Waals surface area contributed by atoms with Crippen molar-refractivity contribution in [3.8, 4) is 0 Å². The minimum Gasteiger partial charge on any atom is -0.445 e. The zero-order valence-corrected chi connectivity index (χ0v) is 18.8. The number of rotatable bonds is 7. The van der Waals surface area contributed by atoms with Gasteiger partial charge in [0.25, 0.3) is 0 Å². The number of carbonyl (C=O) groups excluding carboxylic acids is 1. The highest BCUT2D eigenvalue weighted by atomic mass is 35.5. The third-order valence-corrected chi connectivity index (χ3v) is 6.89. The molecule has 162 valence electrons. The van der Waals surface area contributed by atoms with Crippen molar-refractivity contribution < 1.29 is 9.21 Å². The maximum absolute atomic E-state index is 12.1. The van der Waals surface area contributed by atoms with Crippen molar-refractivity contribution in [2.24, 2.45) is 5.92 Å². The number of anilines is 1. The number of nitrogens with one attached hydrogen (secondary N) is 1. The number of aryl methyl sites for hydroxylation is 1. The van der Waals surface area contributed by atoms with Crippen LogP contribution in [0.15, 0.2) is 28.8 Å². The molecule has 0 bridgehead atoms. The van der Waals surface area contributed by atoms with E-state index in [0.29, 0.717) is 27.9 Å². The van der Waals surface area contributed by atoms with Gasteiger partial charge < -0.3 is 14.6 Å². The third-order valence-electron chi connectivity index (χ3n) is 6.08. The van der Waals surface area contributed by atoms with Gasteiger partial charge in [0.05, 0.1) is 21.9 Å². The number of hydrogen-bond acceptors (Lipinski definition) is 5. The minimum atomic E-state index is -0.00361. The van der Waals surface area contributed by atoms with Crippen LogP contribution >= 0.6 is 23.2 Å². The van der Waals surface area contributed by atoms with Crippen LogP contribution in [0, 0.1) is 12.8 Å². The van der Waals surface area contributed by atoms with Crippen molar-refractivity contribution in [3.05, 3.63) is 46.1 Å². The van der Waals surface area contributed by atoms with Gasteiger partial charge in [-0.05, 0) is 50.8 Å². The first-order chi connectivity index (χ1) is 14.5. The van der Waals surface area contributed by atoms with Gasteiger partial charge in [0.15, 0.2) is 0 Å². The van der Waals surface area contributed by atoms with Crippen molar-refractivity contribution in [1.29, 1.82) is 0 Å². The summed E-state index contributed by atoms with van der Waals surface area (Å²) in [4.78, 5) is 21.0. The van der Waals surface area contributed by atoms with E-state index in [2.05, 4.69) is 20.1 Å². The van der Waals surface area contributed by atoms with E-state index in [1.54, 1.807) is 6.20 Å². The van der Waals surface area contributed by atoms with Gasteiger partial charge in [-0.3, -0.25) is 9.69 Å². The summed E-state index contributed by atoms with van der Waals surface area (Å²) < 4.78 is 5.37. The van der Waals surface area contributed by atoms with E-state index in [1.165, 1.54) is 6.42 Å². The summed E-state index contributed by atoms with van der Waals surface area (Å²) in [5, 5.41) is 4.35. The van der Waals surface area contributed by atoms with Crippen LogP contribution in [0.5, 0.6) is 0 Å². The summed E-state index contributed by atoms with van der Waals surface area (Å²) in [5.74, 6) is 1.91. The number of aromatic nitrogens is 1. The van der Waals surface area contributed by atoms with E-state index in [4.69, 9.17) is 27.6 Å². The fourth-order valence-electron chi connectivity index (χ4n) is 4.30. The number of amides is 1. The van der Waals surface area contributed by atoms with Gasteiger partial charge in [-0.1, -0.05) is 29.3 Å². The van der Waals surface area contributed by atoms with Crippen LogP contribution in [-0.4, -0.2) is 54.6 Å². The van der Waals surface area contributed by atoms with Crippen LogP contribution in [0.3, 0.4) is 0 Å². The van der Waals surface area contributed by atoms with Crippen LogP contribution in [0.4, 0.5) is 5.69 Å². The standard InChI is InChI=1S/C22H28Cl2N4O2/c1-15-14-25-21(30-15)13-20(29)26-17-11-16(12-17)5-6-27-7-9-28(10-8-27)19-4-2-3-18(23)22(19)24/h2-4,14,16-17H,5-13H2,1H3,(H,26,29)/t16-,17+. The molecule has 1 aromatic heterocycles. The van der Waals surface area contributed by atoms with E-state index in [1.807, 2.05) is 25.1 Å². The first-order valence-corrected chi connectivity index (χ1v) is 11.4. The molecule has 2 aromatic rings. The fraction of sp³-hybridized carbons (Fsp3) is 0.545. The lowest BCUT2D eigenvalue weighted by molar-refractivity contribution is -0.122. The Balaban J connectivity index is 1.12. The number of piperazine rings is 1.